The van der Waals surface area contributed by atoms with Gasteiger partial charge < -0.3 is 15.6 Å². The van der Waals surface area contributed by atoms with Gasteiger partial charge in [0.15, 0.2) is 5.65 Å². The summed E-state index contributed by atoms with van der Waals surface area (Å²) < 4.78 is 7.51. The topological polar surface area (TPSA) is 99.1 Å². The van der Waals surface area contributed by atoms with Crippen LogP contribution < -0.4 is 5.73 Å². The number of rotatable bonds is 2. The molecule has 3 rings (SSSR count). The number of nitrogen functional groups attached to an aromatic ring is 1. The minimum atomic E-state index is -0.133. The van der Waals surface area contributed by atoms with Crippen molar-refractivity contribution in [3.05, 3.63) is 12.5 Å². The number of fused-ring (bicyclic) bond motifs is 1. The Morgan fingerprint density at radius 2 is 2.35 bits per heavy atom. The number of aromatic nitrogens is 4. The number of imidazole rings is 1. The van der Waals surface area contributed by atoms with Gasteiger partial charge in [-0.15, -0.1) is 0 Å². The van der Waals surface area contributed by atoms with Gasteiger partial charge in [0, 0.05) is 0 Å². The highest BCUT2D eigenvalue weighted by Gasteiger charge is 2.27. The van der Waals surface area contributed by atoms with Gasteiger partial charge in [-0.3, -0.25) is 4.57 Å². The second-order valence-corrected chi connectivity index (χ2v) is 4.06. The predicted octanol–water partition coefficient (Wildman–Crippen LogP) is 0.0784. The van der Waals surface area contributed by atoms with Crippen LogP contribution in [0.1, 0.15) is 19.1 Å². The van der Waals surface area contributed by atoms with Crippen LogP contribution in [0.4, 0.5) is 5.95 Å². The Morgan fingerprint density at radius 1 is 1.47 bits per heavy atom. The first-order valence-corrected chi connectivity index (χ1v) is 5.49. The lowest BCUT2D eigenvalue weighted by atomic mass is 10.2. The predicted molar refractivity (Wildman–Crippen MR) is 60.0 cm³/mol. The summed E-state index contributed by atoms with van der Waals surface area (Å²) >= 11 is 0. The van der Waals surface area contributed by atoms with E-state index >= 15 is 0 Å². The summed E-state index contributed by atoms with van der Waals surface area (Å²) in [4.78, 5) is 12.2. The van der Waals surface area contributed by atoms with E-state index < -0.39 is 0 Å². The van der Waals surface area contributed by atoms with E-state index in [1.54, 1.807) is 12.5 Å². The Labute approximate surface area is 97.3 Å². The summed E-state index contributed by atoms with van der Waals surface area (Å²) in [6, 6.07) is 0. The van der Waals surface area contributed by atoms with Crippen LogP contribution in [0.5, 0.6) is 0 Å². The second-order valence-electron chi connectivity index (χ2n) is 4.06. The number of hydrogen-bond acceptors (Lipinski definition) is 6. The fourth-order valence-corrected chi connectivity index (χ4v) is 2.08. The van der Waals surface area contributed by atoms with Crippen molar-refractivity contribution < 1.29 is 9.84 Å². The number of hydrogen-bond donors (Lipinski definition) is 2. The maximum atomic E-state index is 9.04. The fourth-order valence-electron chi connectivity index (χ4n) is 2.08. The molecule has 1 saturated heterocycles. The quantitative estimate of drug-likeness (QED) is 0.764. The Kier molecular flexibility index (Phi) is 2.41. The van der Waals surface area contributed by atoms with E-state index in [-0.39, 0.29) is 24.9 Å². The number of aliphatic hydroxyl groups excluding tert-OH is 1. The number of ether oxygens (including phenoxy) is 1. The average Bonchev–Trinajstić information content (AvgIpc) is 2.93. The zero-order valence-corrected chi connectivity index (χ0v) is 9.15. The van der Waals surface area contributed by atoms with E-state index in [0.29, 0.717) is 11.2 Å². The molecule has 3 N–H and O–H groups in total. The molecule has 0 radical (unpaired) electrons. The average molecular weight is 235 g/mol. The first kappa shape index (κ1) is 10.4. The summed E-state index contributed by atoms with van der Waals surface area (Å²) in [6.07, 6.45) is 4.70. The standard InChI is InChI=1S/C10H13N5O2/c11-10-12-3-7-9(14-10)15(5-13-7)8-2-1-6(4-16)17-8/h3,5-6,8,16H,1-2,4H2,(H2,11,12,14)/t6-,8-/m1/s1. The van der Waals surface area contributed by atoms with Crippen LogP contribution in [0.2, 0.25) is 0 Å². The van der Waals surface area contributed by atoms with Crippen molar-refractivity contribution in [3.8, 4) is 0 Å². The smallest absolute Gasteiger partial charge is 0.222 e. The molecule has 7 heteroatoms. The summed E-state index contributed by atoms with van der Waals surface area (Å²) in [6.45, 7) is 0.0419. The zero-order valence-electron chi connectivity index (χ0n) is 9.15. The van der Waals surface area contributed by atoms with Gasteiger partial charge >= 0.3 is 0 Å². The van der Waals surface area contributed by atoms with E-state index in [9.17, 15) is 0 Å². The third kappa shape index (κ3) is 1.73. The SMILES string of the molecule is Nc1ncc2ncn([C@H]3CC[C@H](CO)O3)c2n1. The Balaban J connectivity index is 1.98. The van der Waals surface area contributed by atoms with Gasteiger partial charge in [-0.2, -0.15) is 4.98 Å². The highest BCUT2D eigenvalue weighted by atomic mass is 16.5. The summed E-state index contributed by atoms with van der Waals surface area (Å²) in [7, 11) is 0. The maximum absolute atomic E-state index is 9.04. The van der Waals surface area contributed by atoms with Crippen LogP contribution in [0.3, 0.4) is 0 Å². The molecule has 0 unspecified atom stereocenters. The normalized spacial score (nSPS) is 24.5. The monoisotopic (exact) mass is 235 g/mol. The van der Waals surface area contributed by atoms with Crippen LogP contribution in [0.25, 0.3) is 11.2 Å². The molecule has 7 nitrogen and oxygen atoms in total. The molecule has 0 saturated carbocycles. The summed E-state index contributed by atoms with van der Waals surface area (Å²) in [5.41, 5.74) is 6.92. The molecule has 3 heterocycles. The van der Waals surface area contributed by atoms with Crippen molar-refractivity contribution >= 4 is 17.1 Å². The Morgan fingerprint density at radius 3 is 3.12 bits per heavy atom. The van der Waals surface area contributed by atoms with Crippen LogP contribution in [-0.4, -0.2) is 37.3 Å². The molecular weight excluding hydrogens is 222 g/mol. The van der Waals surface area contributed by atoms with Crippen LogP contribution in [0, 0.1) is 0 Å². The third-order valence-electron chi connectivity index (χ3n) is 2.93. The lowest BCUT2D eigenvalue weighted by Gasteiger charge is -2.13. The number of nitrogens with two attached hydrogens (primary N) is 1. The van der Waals surface area contributed by atoms with Crippen molar-refractivity contribution in [3.63, 3.8) is 0 Å². The van der Waals surface area contributed by atoms with E-state index in [0.717, 1.165) is 12.8 Å². The molecule has 90 valence electrons. The minimum Gasteiger partial charge on any atom is -0.394 e. The van der Waals surface area contributed by atoms with E-state index in [1.807, 2.05) is 4.57 Å². The van der Waals surface area contributed by atoms with Crippen molar-refractivity contribution in [1.29, 1.82) is 0 Å². The molecule has 2 aromatic rings. The first-order chi connectivity index (χ1) is 8.28. The molecule has 1 aliphatic rings. The lowest BCUT2D eigenvalue weighted by molar-refractivity contribution is -0.0207. The molecule has 17 heavy (non-hydrogen) atoms. The van der Waals surface area contributed by atoms with Crippen molar-refractivity contribution in [2.75, 3.05) is 12.3 Å². The molecule has 0 amide bonds. The van der Waals surface area contributed by atoms with Gasteiger partial charge in [-0.25, -0.2) is 9.97 Å². The molecule has 1 aliphatic heterocycles. The third-order valence-corrected chi connectivity index (χ3v) is 2.93. The van der Waals surface area contributed by atoms with Crippen LogP contribution >= 0.6 is 0 Å². The van der Waals surface area contributed by atoms with Gasteiger partial charge in [0.25, 0.3) is 0 Å². The zero-order chi connectivity index (χ0) is 11.8. The number of nitrogens with zero attached hydrogens (tertiary/aromatic N) is 4. The minimum absolute atomic E-state index is 0.0419. The summed E-state index contributed by atoms with van der Waals surface area (Å²) in [5.74, 6) is 0.218. The Bertz CT molecular complexity index is 540. The van der Waals surface area contributed by atoms with E-state index in [1.165, 1.54) is 0 Å². The van der Waals surface area contributed by atoms with Gasteiger partial charge in [0.2, 0.25) is 5.95 Å². The summed E-state index contributed by atoms with van der Waals surface area (Å²) in [5, 5.41) is 9.04. The number of aliphatic hydroxyl groups is 1. The number of anilines is 1. The van der Waals surface area contributed by atoms with Crippen LogP contribution in [0.15, 0.2) is 12.5 Å². The van der Waals surface area contributed by atoms with E-state index in [2.05, 4.69) is 15.0 Å². The highest BCUT2D eigenvalue weighted by molar-refractivity contribution is 5.70. The fraction of sp³-hybridized carbons (Fsp3) is 0.500. The first-order valence-electron chi connectivity index (χ1n) is 5.49. The molecule has 0 bridgehead atoms. The molecule has 0 spiro atoms. The van der Waals surface area contributed by atoms with Gasteiger partial charge in [-0.1, -0.05) is 0 Å². The van der Waals surface area contributed by atoms with Gasteiger partial charge in [0.05, 0.1) is 25.2 Å². The maximum Gasteiger partial charge on any atom is 0.222 e. The van der Waals surface area contributed by atoms with Crippen molar-refractivity contribution in [2.45, 2.75) is 25.2 Å². The van der Waals surface area contributed by atoms with Crippen molar-refractivity contribution in [2.24, 2.45) is 0 Å². The highest BCUT2D eigenvalue weighted by Crippen LogP contribution is 2.29. The van der Waals surface area contributed by atoms with Crippen molar-refractivity contribution in [1.82, 2.24) is 19.5 Å². The molecular formula is C10H13N5O2. The molecule has 2 aromatic heterocycles. The Hall–Kier alpha value is -1.73. The van der Waals surface area contributed by atoms with Crippen LogP contribution in [-0.2, 0) is 4.74 Å². The molecule has 2 atom stereocenters. The van der Waals surface area contributed by atoms with Gasteiger partial charge in [0.1, 0.15) is 11.7 Å². The van der Waals surface area contributed by atoms with E-state index in [4.69, 9.17) is 15.6 Å². The van der Waals surface area contributed by atoms with Gasteiger partial charge in [-0.05, 0) is 12.8 Å². The molecule has 0 aromatic carbocycles. The molecule has 0 aliphatic carbocycles. The largest absolute Gasteiger partial charge is 0.394 e. The lowest BCUT2D eigenvalue weighted by Crippen LogP contribution is -2.14. The molecule has 1 fully saturated rings. The second kappa shape index (κ2) is 3.94.